The summed E-state index contributed by atoms with van der Waals surface area (Å²) < 4.78 is 11.3. The maximum Gasteiger partial charge on any atom is 0.226 e. The van der Waals surface area contributed by atoms with Crippen LogP contribution in [0.5, 0.6) is 0 Å². The van der Waals surface area contributed by atoms with E-state index in [0.29, 0.717) is 25.4 Å². The quantitative estimate of drug-likeness (QED) is 0.824. The molecule has 2 aliphatic heterocycles. The lowest BCUT2D eigenvalue weighted by molar-refractivity contribution is -0.132. The largest absolute Gasteiger partial charge is 0.441 e. The summed E-state index contributed by atoms with van der Waals surface area (Å²) in [6.45, 7) is 5.80. The van der Waals surface area contributed by atoms with Crippen molar-refractivity contribution >= 4 is 5.91 Å². The van der Waals surface area contributed by atoms with Crippen LogP contribution in [-0.2, 0) is 22.5 Å². The van der Waals surface area contributed by atoms with Gasteiger partial charge in [0.15, 0.2) is 0 Å². The van der Waals surface area contributed by atoms with Gasteiger partial charge < -0.3 is 14.1 Å². The second-order valence-corrected chi connectivity index (χ2v) is 6.88. The van der Waals surface area contributed by atoms with Crippen molar-refractivity contribution in [1.82, 2.24) is 14.8 Å². The fourth-order valence-electron chi connectivity index (χ4n) is 3.55. The van der Waals surface area contributed by atoms with Gasteiger partial charge in [-0.15, -0.1) is 0 Å². The van der Waals surface area contributed by atoms with Gasteiger partial charge in [0.25, 0.3) is 0 Å². The van der Waals surface area contributed by atoms with Crippen LogP contribution in [0.2, 0.25) is 0 Å². The van der Waals surface area contributed by atoms with Gasteiger partial charge in [-0.1, -0.05) is 18.2 Å². The van der Waals surface area contributed by atoms with Crippen LogP contribution in [0.4, 0.5) is 0 Å². The zero-order valence-electron chi connectivity index (χ0n) is 15.0. The Bertz CT molecular complexity index is 738. The fourth-order valence-corrected chi connectivity index (χ4v) is 3.55. The number of amides is 1. The van der Waals surface area contributed by atoms with Gasteiger partial charge in [-0.3, -0.25) is 9.69 Å². The smallest absolute Gasteiger partial charge is 0.226 e. The molecule has 0 aliphatic carbocycles. The van der Waals surface area contributed by atoms with Crippen LogP contribution in [0.15, 0.2) is 34.7 Å². The van der Waals surface area contributed by atoms with Crippen molar-refractivity contribution in [2.75, 3.05) is 39.4 Å². The summed E-state index contributed by atoms with van der Waals surface area (Å²) in [5, 5.41) is 0. The third-order valence-corrected chi connectivity index (χ3v) is 5.07. The number of oxazole rings is 1. The average molecular weight is 355 g/mol. The Morgan fingerprint density at radius 2 is 1.92 bits per heavy atom. The zero-order valence-corrected chi connectivity index (χ0v) is 15.0. The Balaban J connectivity index is 1.31. The average Bonchev–Trinajstić information content (AvgIpc) is 3.13. The van der Waals surface area contributed by atoms with E-state index in [1.54, 1.807) is 0 Å². The van der Waals surface area contributed by atoms with Crippen molar-refractivity contribution in [3.8, 4) is 11.5 Å². The molecule has 1 saturated heterocycles. The van der Waals surface area contributed by atoms with Crippen molar-refractivity contribution in [3.05, 3.63) is 41.8 Å². The van der Waals surface area contributed by atoms with Gasteiger partial charge in [-0.2, -0.15) is 0 Å². The lowest BCUT2D eigenvalue weighted by Gasteiger charge is -2.28. The van der Waals surface area contributed by atoms with E-state index >= 15 is 0 Å². The van der Waals surface area contributed by atoms with Crippen LogP contribution in [0.25, 0.3) is 11.5 Å². The van der Waals surface area contributed by atoms with Gasteiger partial charge in [0, 0.05) is 38.0 Å². The summed E-state index contributed by atoms with van der Waals surface area (Å²) in [5.74, 6) is 1.78. The minimum Gasteiger partial charge on any atom is -0.441 e. The number of rotatable bonds is 5. The molecule has 1 fully saturated rings. The van der Waals surface area contributed by atoms with Crippen LogP contribution < -0.4 is 0 Å². The Morgan fingerprint density at radius 3 is 2.73 bits per heavy atom. The summed E-state index contributed by atoms with van der Waals surface area (Å²) in [4.78, 5) is 21.5. The third kappa shape index (κ3) is 3.97. The second-order valence-electron chi connectivity index (χ2n) is 6.88. The van der Waals surface area contributed by atoms with Crippen LogP contribution >= 0.6 is 0 Å². The lowest BCUT2D eigenvalue weighted by Crippen LogP contribution is -2.38. The molecule has 0 atom stereocenters. The molecule has 0 radical (unpaired) electrons. The summed E-state index contributed by atoms with van der Waals surface area (Å²) in [5.41, 5.74) is 1.88. The van der Waals surface area contributed by atoms with Crippen molar-refractivity contribution < 1.29 is 13.9 Å². The fraction of sp³-hybridized carbons (Fsp3) is 0.500. The molecule has 0 saturated carbocycles. The van der Waals surface area contributed by atoms with Crippen LogP contribution in [0.3, 0.4) is 0 Å². The molecule has 0 bridgehead atoms. The normalized spacial score (nSPS) is 17.9. The van der Waals surface area contributed by atoms with Gasteiger partial charge in [0.05, 0.1) is 19.8 Å². The molecular weight excluding hydrogens is 330 g/mol. The summed E-state index contributed by atoms with van der Waals surface area (Å²) >= 11 is 0. The van der Waals surface area contributed by atoms with Crippen molar-refractivity contribution in [1.29, 1.82) is 0 Å². The van der Waals surface area contributed by atoms with Gasteiger partial charge in [-0.05, 0) is 25.1 Å². The molecule has 2 aromatic rings. The van der Waals surface area contributed by atoms with E-state index in [2.05, 4.69) is 9.88 Å². The molecule has 4 rings (SSSR count). The molecular formula is C20H25N3O3. The molecule has 6 heteroatoms. The van der Waals surface area contributed by atoms with E-state index < -0.39 is 0 Å². The molecule has 1 amide bonds. The zero-order chi connectivity index (χ0) is 17.8. The number of hydrogen-bond donors (Lipinski definition) is 0. The lowest BCUT2D eigenvalue weighted by atomic mass is 10.1. The Hall–Kier alpha value is -2.18. The highest BCUT2D eigenvalue weighted by Crippen LogP contribution is 2.26. The van der Waals surface area contributed by atoms with Crippen molar-refractivity contribution in [3.63, 3.8) is 0 Å². The maximum atomic E-state index is 12.6. The number of nitrogens with zero attached hydrogens (tertiary/aromatic N) is 3. The van der Waals surface area contributed by atoms with Crippen LogP contribution in [-0.4, -0.2) is 60.1 Å². The van der Waals surface area contributed by atoms with E-state index in [-0.39, 0.29) is 5.91 Å². The molecule has 1 aromatic heterocycles. The van der Waals surface area contributed by atoms with Crippen LogP contribution in [0, 0.1) is 0 Å². The first kappa shape index (κ1) is 17.2. The first-order valence-corrected chi connectivity index (χ1v) is 9.41. The molecule has 2 aliphatic rings. The monoisotopic (exact) mass is 355 g/mol. The molecule has 26 heavy (non-hydrogen) atoms. The number of carbonyl (C=O) groups excluding carboxylic acids is 1. The number of ether oxygens (including phenoxy) is 1. The molecule has 0 spiro atoms. The minimum absolute atomic E-state index is 0.216. The molecule has 6 nitrogen and oxygen atoms in total. The van der Waals surface area contributed by atoms with E-state index in [9.17, 15) is 4.79 Å². The number of carbonyl (C=O) groups is 1. The summed E-state index contributed by atoms with van der Waals surface area (Å²) in [6, 6.07) is 9.91. The molecule has 1 aromatic carbocycles. The molecule has 138 valence electrons. The highest BCUT2D eigenvalue weighted by atomic mass is 16.5. The first-order valence-electron chi connectivity index (χ1n) is 9.41. The van der Waals surface area contributed by atoms with Crippen LogP contribution in [0.1, 0.15) is 24.3 Å². The third-order valence-electron chi connectivity index (χ3n) is 5.07. The van der Waals surface area contributed by atoms with E-state index in [0.717, 1.165) is 62.7 Å². The van der Waals surface area contributed by atoms with Crippen molar-refractivity contribution in [2.24, 2.45) is 0 Å². The predicted octanol–water partition coefficient (Wildman–Crippen LogP) is 2.34. The Morgan fingerprint density at radius 1 is 1.12 bits per heavy atom. The van der Waals surface area contributed by atoms with Gasteiger partial charge in [0.1, 0.15) is 11.5 Å². The van der Waals surface area contributed by atoms with Gasteiger partial charge in [0.2, 0.25) is 11.8 Å². The molecule has 3 heterocycles. The summed E-state index contributed by atoms with van der Waals surface area (Å²) in [7, 11) is 0. The molecule has 0 unspecified atom stereocenters. The Kier molecular flexibility index (Phi) is 5.32. The highest BCUT2D eigenvalue weighted by molar-refractivity contribution is 5.76. The first-order chi connectivity index (χ1) is 12.8. The number of aromatic nitrogens is 1. The van der Waals surface area contributed by atoms with Gasteiger partial charge >= 0.3 is 0 Å². The predicted molar refractivity (Wildman–Crippen MR) is 97.6 cm³/mol. The van der Waals surface area contributed by atoms with E-state index in [1.807, 2.05) is 35.2 Å². The number of benzene rings is 1. The molecule has 0 N–H and O–H groups in total. The SMILES string of the molecule is O=C(CCCN1CCOCC1)N1CCc2oc(-c3ccccc3)nc2C1. The second kappa shape index (κ2) is 8.01. The van der Waals surface area contributed by atoms with Crippen molar-refractivity contribution in [2.45, 2.75) is 25.8 Å². The topological polar surface area (TPSA) is 58.8 Å². The summed E-state index contributed by atoms with van der Waals surface area (Å²) in [6.07, 6.45) is 2.23. The standard InChI is InChI=1S/C20H25N3O3/c24-19(7-4-9-22-11-13-25-14-12-22)23-10-8-18-17(15-23)21-20(26-18)16-5-2-1-3-6-16/h1-3,5-6H,4,7-15H2. The minimum atomic E-state index is 0.216. The number of morpholine rings is 1. The van der Waals surface area contributed by atoms with Gasteiger partial charge in [-0.25, -0.2) is 4.98 Å². The van der Waals surface area contributed by atoms with E-state index in [4.69, 9.17) is 9.15 Å². The maximum absolute atomic E-state index is 12.6. The van der Waals surface area contributed by atoms with E-state index in [1.165, 1.54) is 0 Å². The Labute approximate surface area is 153 Å². The highest BCUT2D eigenvalue weighted by Gasteiger charge is 2.25. The number of hydrogen-bond acceptors (Lipinski definition) is 5. The number of fused-ring (bicyclic) bond motifs is 1.